The Kier molecular flexibility index (Phi) is 5.31. The van der Waals surface area contributed by atoms with Gasteiger partial charge in [-0.1, -0.05) is 24.3 Å². The van der Waals surface area contributed by atoms with Crippen LogP contribution in [-0.2, 0) is 24.3 Å². The number of carbonyl (C=O) groups is 1. The molecule has 0 atom stereocenters. The SMILES string of the molecule is Cc1cc(=O)n(CC(=O)Nc2cc(F)ccc2F)c(N2CCc3ccccc3C2)n1. The average molecular weight is 410 g/mol. The number of halogens is 2. The fraction of sp³-hybridized carbons (Fsp3) is 0.227. The molecule has 0 saturated carbocycles. The van der Waals surface area contributed by atoms with Gasteiger partial charge < -0.3 is 10.2 Å². The first-order valence-electron chi connectivity index (χ1n) is 9.56. The summed E-state index contributed by atoms with van der Waals surface area (Å²) in [5.41, 5.74) is 2.27. The van der Waals surface area contributed by atoms with Crippen molar-refractivity contribution in [1.82, 2.24) is 9.55 Å². The molecule has 1 amide bonds. The van der Waals surface area contributed by atoms with E-state index in [2.05, 4.69) is 16.4 Å². The van der Waals surface area contributed by atoms with Crippen molar-refractivity contribution in [2.45, 2.75) is 26.4 Å². The lowest BCUT2D eigenvalue weighted by atomic mass is 10.0. The number of anilines is 2. The largest absolute Gasteiger partial charge is 0.337 e. The van der Waals surface area contributed by atoms with Gasteiger partial charge in [-0.05, 0) is 36.6 Å². The van der Waals surface area contributed by atoms with Crippen LogP contribution >= 0.6 is 0 Å². The molecule has 154 valence electrons. The summed E-state index contributed by atoms with van der Waals surface area (Å²) in [6.07, 6.45) is 0.792. The van der Waals surface area contributed by atoms with Crippen LogP contribution in [0.15, 0.2) is 53.3 Å². The minimum atomic E-state index is -0.757. The number of rotatable bonds is 4. The normalized spacial score (nSPS) is 13.1. The van der Waals surface area contributed by atoms with Gasteiger partial charge in [0.15, 0.2) is 0 Å². The van der Waals surface area contributed by atoms with Crippen molar-refractivity contribution in [3.05, 3.63) is 87.3 Å². The van der Waals surface area contributed by atoms with Crippen LogP contribution in [0.3, 0.4) is 0 Å². The maximum atomic E-state index is 13.8. The van der Waals surface area contributed by atoms with Crippen molar-refractivity contribution < 1.29 is 13.6 Å². The third-order valence-corrected chi connectivity index (χ3v) is 5.03. The molecule has 0 unspecified atom stereocenters. The van der Waals surface area contributed by atoms with Gasteiger partial charge in [0.05, 0.1) is 5.69 Å². The molecule has 0 aliphatic carbocycles. The van der Waals surface area contributed by atoms with Gasteiger partial charge >= 0.3 is 0 Å². The Morgan fingerprint density at radius 2 is 1.90 bits per heavy atom. The van der Waals surface area contributed by atoms with E-state index in [-0.39, 0.29) is 17.8 Å². The molecule has 1 N–H and O–H groups in total. The Labute approximate surface area is 171 Å². The number of hydrogen-bond donors (Lipinski definition) is 1. The molecular weight excluding hydrogens is 390 g/mol. The van der Waals surface area contributed by atoms with E-state index in [0.717, 1.165) is 30.2 Å². The van der Waals surface area contributed by atoms with Crippen LogP contribution < -0.4 is 15.8 Å². The Bertz CT molecular complexity index is 1180. The van der Waals surface area contributed by atoms with Crippen LogP contribution in [0.4, 0.5) is 20.4 Å². The summed E-state index contributed by atoms with van der Waals surface area (Å²) >= 11 is 0. The zero-order valence-corrected chi connectivity index (χ0v) is 16.4. The molecule has 6 nitrogen and oxygen atoms in total. The van der Waals surface area contributed by atoms with E-state index in [9.17, 15) is 18.4 Å². The Morgan fingerprint density at radius 1 is 1.13 bits per heavy atom. The molecule has 2 heterocycles. The summed E-state index contributed by atoms with van der Waals surface area (Å²) in [5.74, 6) is -1.70. The molecule has 0 bridgehead atoms. The molecule has 4 rings (SSSR count). The minimum Gasteiger partial charge on any atom is -0.337 e. The maximum absolute atomic E-state index is 13.8. The van der Waals surface area contributed by atoms with Crippen molar-refractivity contribution in [2.75, 3.05) is 16.8 Å². The van der Waals surface area contributed by atoms with Gasteiger partial charge in [0.25, 0.3) is 5.56 Å². The van der Waals surface area contributed by atoms with Crippen LogP contribution in [-0.4, -0.2) is 22.0 Å². The van der Waals surface area contributed by atoms with Gasteiger partial charge in [-0.25, -0.2) is 13.8 Å². The maximum Gasteiger partial charge on any atom is 0.255 e. The summed E-state index contributed by atoms with van der Waals surface area (Å²) in [5, 5.41) is 2.33. The summed E-state index contributed by atoms with van der Waals surface area (Å²) in [6.45, 7) is 2.56. The van der Waals surface area contributed by atoms with Crippen LogP contribution in [0.5, 0.6) is 0 Å². The Hall–Kier alpha value is -3.55. The Balaban J connectivity index is 1.62. The lowest BCUT2D eigenvalue weighted by molar-refractivity contribution is -0.116. The van der Waals surface area contributed by atoms with Crippen molar-refractivity contribution in [3.63, 3.8) is 0 Å². The van der Waals surface area contributed by atoms with Crippen LogP contribution in [0.1, 0.15) is 16.8 Å². The lowest BCUT2D eigenvalue weighted by Crippen LogP contribution is -2.38. The van der Waals surface area contributed by atoms with Crippen molar-refractivity contribution >= 4 is 17.5 Å². The summed E-state index contributed by atoms with van der Waals surface area (Å²) < 4.78 is 28.5. The predicted molar refractivity (Wildman–Crippen MR) is 109 cm³/mol. The number of nitrogens with one attached hydrogen (secondary N) is 1. The number of nitrogens with zero attached hydrogens (tertiary/aromatic N) is 3. The van der Waals surface area contributed by atoms with E-state index in [4.69, 9.17) is 0 Å². The molecule has 30 heavy (non-hydrogen) atoms. The third-order valence-electron chi connectivity index (χ3n) is 5.03. The van der Waals surface area contributed by atoms with Gasteiger partial charge in [0, 0.05) is 30.9 Å². The van der Waals surface area contributed by atoms with E-state index in [1.54, 1.807) is 6.92 Å². The molecule has 1 aromatic heterocycles. The van der Waals surface area contributed by atoms with E-state index in [1.807, 2.05) is 23.1 Å². The monoisotopic (exact) mass is 410 g/mol. The minimum absolute atomic E-state index is 0.276. The highest BCUT2D eigenvalue weighted by Gasteiger charge is 2.22. The first-order valence-corrected chi connectivity index (χ1v) is 9.56. The molecule has 8 heteroatoms. The predicted octanol–water partition coefficient (Wildman–Crippen LogP) is 3.03. The molecule has 0 saturated heterocycles. The lowest BCUT2D eigenvalue weighted by Gasteiger charge is -2.31. The molecule has 1 aliphatic heterocycles. The standard InChI is InChI=1S/C22H20F2N4O2/c1-14-10-21(30)28(13-20(29)26-19-11-17(23)6-7-18(19)24)22(25-14)27-9-8-15-4-2-3-5-16(15)12-27/h2-7,10-11H,8-9,12-13H2,1H3,(H,26,29). The summed E-state index contributed by atoms with van der Waals surface area (Å²) in [6, 6.07) is 12.2. The van der Waals surface area contributed by atoms with Crippen LogP contribution in [0, 0.1) is 18.6 Å². The van der Waals surface area contributed by atoms with Crippen molar-refractivity contribution in [2.24, 2.45) is 0 Å². The second kappa shape index (κ2) is 8.06. The van der Waals surface area contributed by atoms with Crippen LogP contribution in [0.25, 0.3) is 0 Å². The first-order chi connectivity index (χ1) is 14.4. The summed E-state index contributed by atoms with van der Waals surface area (Å²) in [4.78, 5) is 31.6. The molecule has 2 aromatic carbocycles. The fourth-order valence-corrected chi connectivity index (χ4v) is 3.59. The van der Waals surface area contributed by atoms with E-state index in [1.165, 1.54) is 16.2 Å². The number of aromatic nitrogens is 2. The second-order valence-corrected chi connectivity index (χ2v) is 7.23. The first kappa shape index (κ1) is 19.8. The van der Waals surface area contributed by atoms with Crippen molar-refractivity contribution in [1.29, 1.82) is 0 Å². The number of benzene rings is 2. The van der Waals surface area contributed by atoms with E-state index >= 15 is 0 Å². The summed E-state index contributed by atoms with van der Waals surface area (Å²) in [7, 11) is 0. The van der Waals surface area contributed by atoms with Gasteiger partial charge in [-0.2, -0.15) is 0 Å². The molecule has 0 radical (unpaired) electrons. The number of amides is 1. The van der Waals surface area contributed by atoms with Gasteiger partial charge in [0.1, 0.15) is 18.2 Å². The van der Waals surface area contributed by atoms with Gasteiger partial charge in [0.2, 0.25) is 11.9 Å². The molecule has 3 aromatic rings. The van der Waals surface area contributed by atoms with E-state index in [0.29, 0.717) is 24.7 Å². The Morgan fingerprint density at radius 3 is 2.70 bits per heavy atom. The molecular formula is C22H20F2N4O2. The topological polar surface area (TPSA) is 67.2 Å². The highest BCUT2D eigenvalue weighted by Crippen LogP contribution is 2.23. The molecule has 0 spiro atoms. The van der Waals surface area contributed by atoms with Gasteiger partial charge in [-0.15, -0.1) is 0 Å². The highest BCUT2D eigenvalue weighted by molar-refractivity contribution is 5.90. The number of aryl methyl sites for hydroxylation is 1. The van der Waals surface area contributed by atoms with Crippen molar-refractivity contribution in [3.8, 4) is 0 Å². The highest BCUT2D eigenvalue weighted by atomic mass is 19.1. The third kappa shape index (κ3) is 4.07. The number of fused-ring (bicyclic) bond motifs is 1. The zero-order chi connectivity index (χ0) is 21.3. The average Bonchev–Trinajstić information content (AvgIpc) is 2.72. The molecule has 1 aliphatic rings. The number of hydrogen-bond acceptors (Lipinski definition) is 4. The fourth-order valence-electron chi connectivity index (χ4n) is 3.59. The number of carbonyl (C=O) groups excluding carboxylic acids is 1. The van der Waals surface area contributed by atoms with Gasteiger partial charge in [-0.3, -0.25) is 14.2 Å². The van der Waals surface area contributed by atoms with E-state index < -0.39 is 17.5 Å². The second-order valence-electron chi connectivity index (χ2n) is 7.23. The zero-order valence-electron chi connectivity index (χ0n) is 16.4. The quantitative estimate of drug-likeness (QED) is 0.718. The molecule has 0 fully saturated rings. The smallest absolute Gasteiger partial charge is 0.255 e. The van der Waals surface area contributed by atoms with Crippen LogP contribution in [0.2, 0.25) is 0 Å².